The van der Waals surface area contributed by atoms with E-state index >= 15 is 0 Å². The molecule has 0 amide bonds. The first-order chi connectivity index (χ1) is 12.0. The van der Waals surface area contributed by atoms with Crippen molar-refractivity contribution >= 4 is 27.6 Å². The molecule has 0 bridgehead atoms. The summed E-state index contributed by atoms with van der Waals surface area (Å²) in [5, 5.41) is 13.4. The number of aromatic nitrogens is 1. The topological polar surface area (TPSA) is 63.8 Å². The standard InChI is InChI=1S/C19H21BrN2O3/c1-12-9-16(21-25-2)15-11-17(13-3-5-14(20)6-4-13)22(18(15)10-12)8-7-19(23)24/h3-6,11-12H,7-10H2,1-2H3,(H,23,24)/b21-16+. The summed E-state index contributed by atoms with van der Waals surface area (Å²) in [4.78, 5) is 16.2. The Kier molecular flexibility index (Phi) is 5.27. The molecule has 1 aliphatic rings. The minimum Gasteiger partial charge on any atom is -0.481 e. The van der Waals surface area contributed by atoms with Gasteiger partial charge < -0.3 is 14.5 Å². The number of oxime groups is 1. The molecule has 1 aliphatic carbocycles. The zero-order chi connectivity index (χ0) is 18.0. The summed E-state index contributed by atoms with van der Waals surface area (Å²) in [6, 6.07) is 10.2. The van der Waals surface area contributed by atoms with E-state index in [2.05, 4.69) is 38.6 Å². The molecule has 1 unspecified atom stereocenters. The summed E-state index contributed by atoms with van der Waals surface area (Å²) in [5.41, 5.74) is 5.24. The summed E-state index contributed by atoms with van der Waals surface area (Å²) in [5.74, 6) is -0.350. The van der Waals surface area contributed by atoms with E-state index in [9.17, 15) is 4.79 Å². The van der Waals surface area contributed by atoms with E-state index in [0.29, 0.717) is 12.5 Å². The third-order valence-electron chi connectivity index (χ3n) is 4.49. The largest absolute Gasteiger partial charge is 0.481 e. The molecule has 1 N–H and O–H groups in total. The molecule has 1 aromatic heterocycles. The van der Waals surface area contributed by atoms with Gasteiger partial charge in [-0.1, -0.05) is 40.1 Å². The van der Waals surface area contributed by atoms with E-state index in [0.717, 1.165) is 45.5 Å². The van der Waals surface area contributed by atoms with Crippen LogP contribution >= 0.6 is 15.9 Å². The van der Waals surface area contributed by atoms with Crippen molar-refractivity contribution in [3.63, 3.8) is 0 Å². The number of carboxylic acids is 1. The van der Waals surface area contributed by atoms with Crippen molar-refractivity contribution in [1.82, 2.24) is 4.57 Å². The number of fused-ring (bicyclic) bond motifs is 1. The van der Waals surface area contributed by atoms with Crippen LogP contribution in [-0.2, 0) is 22.6 Å². The Labute approximate surface area is 155 Å². The van der Waals surface area contributed by atoms with Gasteiger partial charge in [-0.2, -0.15) is 0 Å². The Morgan fingerprint density at radius 2 is 2.08 bits per heavy atom. The minimum absolute atomic E-state index is 0.0930. The fourth-order valence-corrected chi connectivity index (χ4v) is 3.68. The minimum atomic E-state index is -0.793. The molecule has 132 valence electrons. The van der Waals surface area contributed by atoms with Gasteiger partial charge in [0.05, 0.1) is 12.1 Å². The van der Waals surface area contributed by atoms with Crippen LogP contribution in [0.3, 0.4) is 0 Å². The summed E-state index contributed by atoms with van der Waals surface area (Å²) in [6.07, 6.45) is 1.87. The predicted octanol–water partition coefficient (Wildman–Crippen LogP) is 4.33. The van der Waals surface area contributed by atoms with Crippen LogP contribution < -0.4 is 0 Å². The van der Waals surface area contributed by atoms with Gasteiger partial charge in [0.2, 0.25) is 0 Å². The van der Waals surface area contributed by atoms with E-state index in [1.165, 1.54) is 0 Å². The highest BCUT2D eigenvalue weighted by Crippen LogP contribution is 2.34. The monoisotopic (exact) mass is 404 g/mol. The molecular weight excluding hydrogens is 384 g/mol. The maximum atomic E-state index is 11.1. The first-order valence-electron chi connectivity index (χ1n) is 8.30. The molecule has 0 saturated heterocycles. The molecule has 0 radical (unpaired) electrons. The van der Waals surface area contributed by atoms with Crippen LogP contribution in [0, 0.1) is 5.92 Å². The molecule has 6 heteroatoms. The number of hydrogen-bond acceptors (Lipinski definition) is 3. The third-order valence-corrected chi connectivity index (χ3v) is 5.02. The quantitative estimate of drug-likeness (QED) is 0.754. The highest BCUT2D eigenvalue weighted by atomic mass is 79.9. The van der Waals surface area contributed by atoms with Crippen LogP contribution in [0.5, 0.6) is 0 Å². The number of halogens is 1. The molecule has 5 nitrogen and oxygen atoms in total. The van der Waals surface area contributed by atoms with Crippen molar-refractivity contribution in [2.75, 3.05) is 7.11 Å². The van der Waals surface area contributed by atoms with Crippen LogP contribution in [0.15, 0.2) is 40.0 Å². The second kappa shape index (κ2) is 7.44. The molecule has 25 heavy (non-hydrogen) atoms. The molecule has 1 aromatic carbocycles. The molecule has 0 saturated carbocycles. The first kappa shape index (κ1) is 17.7. The predicted molar refractivity (Wildman–Crippen MR) is 101 cm³/mol. The van der Waals surface area contributed by atoms with Crippen molar-refractivity contribution in [3.05, 3.63) is 46.1 Å². The van der Waals surface area contributed by atoms with Gasteiger partial charge in [0.25, 0.3) is 0 Å². The van der Waals surface area contributed by atoms with Gasteiger partial charge in [-0.3, -0.25) is 4.79 Å². The number of carbonyl (C=O) groups is 1. The van der Waals surface area contributed by atoms with Crippen LogP contribution in [0.4, 0.5) is 0 Å². The SMILES string of the molecule is CO/N=C1\CC(C)Cc2c1cc(-c1ccc(Br)cc1)n2CCC(=O)O. The van der Waals surface area contributed by atoms with Gasteiger partial charge in [-0.25, -0.2) is 0 Å². The lowest BCUT2D eigenvalue weighted by atomic mass is 9.87. The van der Waals surface area contributed by atoms with E-state index in [1.54, 1.807) is 7.11 Å². The zero-order valence-electron chi connectivity index (χ0n) is 14.3. The van der Waals surface area contributed by atoms with Crippen molar-refractivity contribution in [2.24, 2.45) is 11.1 Å². The van der Waals surface area contributed by atoms with Gasteiger partial charge in [-0.15, -0.1) is 0 Å². The van der Waals surface area contributed by atoms with Crippen molar-refractivity contribution in [1.29, 1.82) is 0 Å². The van der Waals surface area contributed by atoms with Crippen molar-refractivity contribution < 1.29 is 14.7 Å². The Morgan fingerprint density at radius 1 is 1.36 bits per heavy atom. The summed E-state index contributed by atoms with van der Waals surface area (Å²) in [6.45, 7) is 2.63. The van der Waals surface area contributed by atoms with Crippen LogP contribution in [0.25, 0.3) is 11.3 Å². The van der Waals surface area contributed by atoms with Crippen LogP contribution in [0.1, 0.15) is 31.0 Å². The maximum Gasteiger partial charge on any atom is 0.305 e. The number of nitrogens with zero attached hydrogens (tertiary/aromatic N) is 2. The second-order valence-electron chi connectivity index (χ2n) is 6.43. The highest BCUT2D eigenvalue weighted by Gasteiger charge is 2.27. The average Bonchev–Trinajstić information content (AvgIpc) is 2.92. The Bertz CT molecular complexity index is 809. The van der Waals surface area contributed by atoms with E-state index in [4.69, 9.17) is 9.94 Å². The normalized spacial score (nSPS) is 18.2. The third kappa shape index (κ3) is 3.79. The van der Waals surface area contributed by atoms with Gasteiger partial charge in [-0.05, 0) is 42.5 Å². The molecule has 2 aromatic rings. The van der Waals surface area contributed by atoms with E-state index in [1.807, 2.05) is 24.3 Å². The Hall–Kier alpha value is -2.08. The molecular formula is C19H21BrN2O3. The molecule has 0 fully saturated rings. The number of benzene rings is 1. The highest BCUT2D eigenvalue weighted by molar-refractivity contribution is 9.10. The lowest BCUT2D eigenvalue weighted by Crippen LogP contribution is -2.21. The molecule has 0 spiro atoms. The van der Waals surface area contributed by atoms with Crippen molar-refractivity contribution in [3.8, 4) is 11.3 Å². The number of carboxylic acid groups (broad SMARTS) is 1. The van der Waals surface area contributed by atoms with Gasteiger partial charge in [0, 0.05) is 28.0 Å². The number of rotatable bonds is 5. The summed E-state index contributed by atoms with van der Waals surface area (Å²) < 4.78 is 3.15. The maximum absolute atomic E-state index is 11.1. The Morgan fingerprint density at radius 3 is 2.72 bits per heavy atom. The fraction of sp³-hybridized carbons (Fsp3) is 0.368. The van der Waals surface area contributed by atoms with Gasteiger partial charge >= 0.3 is 5.97 Å². The van der Waals surface area contributed by atoms with Crippen molar-refractivity contribution in [2.45, 2.75) is 32.7 Å². The van der Waals surface area contributed by atoms with Gasteiger partial charge in [0.1, 0.15) is 7.11 Å². The smallest absolute Gasteiger partial charge is 0.305 e. The molecule has 0 aliphatic heterocycles. The summed E-state index contributed by atoms with van der Waals surface area (Å²) in [7, 11) is 1.56. The summed E-state index contributed by atoms with van der Waals surface area (Å²) >= 11 is 3.46. The molecule has 3 rings (SSSR count). The van der Waals surface area contributed by atoms with Gasteiger partial charge in [0.15, 0.2) is 0 Å². The van der Waals surface area contributed by atoms with Crippen LogP contribution in [-0.4, -0.2) is 28.5 Å². The van der Waals surface area contributed by atoms with Crippen LogP contribution in [0.2, 0.25) is 0 Å². The lowest BCUT2D eigenvalue weighted by molar-refractivity contribution is -0.137. The fourth-order valence-electron chi connectivity index (χ4n) is 3.42. The lowest BCUT2D eigenvalue weighted by Gasteiger charge is -2.22. The van der Waals surface area contributed by atoms with E-state index < -0.39 is 5.97 Å². The number of aliphatic carboxylic acids is 1. The first-order valence-corrected chi connectivity index (χ1v) is 9.09. The average molecular weight is 405 g/mol. The van der Waals surface area contributed by atoms with E-state index in [-0.39, 0.29) is 6.42 Å². The molecule has 1 heterocycles. The molecule has 1 atom stereocenters. The number of hydrogen-bond donors (Lipinski definition) is 1. The second-order valence-corrected chi connectivity index (χ2v) is 7.34. The zero-order valence-corrected chi connectivity index (χ0v) is 15.9. The Balaban J connectivity index is 2.13.